The van der Waals surface area contributed by atoms with E-state index >= 15 is 0 Å². The van der Waals surface area contributed by atoms with Gasteiger partial charge >= 0.3 is 11.4 Å². The molecule has 0 amide bonds. The molecule has 1 aliphatic heterocycles. The summed E-state index contributed by atoms with van der Waals surface area (Å²) < 4.78 is 4.57. The van der Waals surface area contributed by atoms with Gasteiger partial charge in [0.1, 0.15) is 5.75 Å². The molecule has 0 saturated heterocycles. The number of phenolic OH excluding ortho intramolecular Hbond substituents is 1. The minimum Gasteiger partial charge on any atom is -0.508 e. The van der Waals surface area contributed by atoms with Gasteiger partial charge in [-0.25, -0.2) is 23.5 Å². The largest absolute Gasteiger partial charge is 0.508 e. The van der Waals surface area contributed by atoms with E-state index in [1.54, 1.807) is 49.4 Å². The van der Waals surface area contributed by atoms with Crippen molar-refractivity contribution in [2.24, 2.45) is 0 Å². The number of hydrogen-bond donors (Lipinski definition) is 1. The number of carbonyl (C=O) groups excluding carboxylic acids is 2. The van der Waals surface area contributed by atoms with Crippen molar-refractivity contribution in [1.29, 1.82) is 0 Å². The number of halogens is 1. The minimum atomic E-state index is -0.743. The van der Waals surface area contributed by atoms with Crippen LogP contribution in [0.1, 0.15) is 30.9 Å². The van der Waals surface area contributed by atoms with Crippen molar-refractivity contribution in [2.45, 2.75) is 31.8 Å². The van der Waals surface area contributed by atoms with Gasteiger partial charge in [0.2, 0.25) is 0 Å². The van der Waals surface area contributed by atoms with Crippen LogP contribution in [0.15, 0.2) is 97.0 Å². The number of para-hydroxylation sites is 1. The third-order valence-corrected chi connectivity index (χ3v) is 7.64. The molecule has 36 heavy (non-hydrogen) atoms. The van der Waals surface area contributed by atoms with Gasteiger partial charge in [-0.2, -0.15) is 0 Å². The van der Waals surface area contributed by atoms with Crippen molar-refractivity contribution in [2.75, 3.05) is 0 Å². The Balaban J connectivity index is 1.61. The molecule has 2 aliphatic carbocycles. The van der Waals surface area contributed by atoms with Crippen molar-refractivity contribution >= 4 is 27.5 Å². The van der Waals surface area contributed by atoms with E-state index in [2.05, 4.69) is 15.9 Å². The second kappa shape index (κ2) is 8.03. The summed E-state index contributed by atoms with van der Waals surface area (Å²) in [6, 6.07) is 12.9. The van der Waals surface area contributed by atoms with Gasteiger partial charge in [-0.1, -0.05) is 40.2 Å². The molecule has 0 radical (unpaired) electrons. The van der Waals surface area contributed by atoms with E-state index in [4.69, 9.17) is 0 Å². The molecule has 8 nitrogen and oxygen atoms in total. The third-order valence-electron chi connectivity index (χ3n) is 7.14. The maximum absolute atomic E-state index is 13.7. The number of fused-ring (bicyclic) bond motifs is 3. The molecule has 9 heteroatoms. The molecule has 0 spiro atoms. The standard InChI is InChI=1S/C27H20BrN3O5/c1-14-11-22(33)24-19(25(14)34)13-20-17(23(24)18-12-15(28)7-8-21(18)32)9-10-29-26(35)30(27(36)31(20)29)16-5-3-2-4-6-16/h2-9,11-12,20,23,32H,10,13H2,1H3/t20-,23-/m1/s1. The highest BCUT2D eigenvalue weighted by molar-refractivity contribution is 9.10. The maximum Gasteiger partial charge on any atom is 0.352 e. The molecule has 2 atom stereocenters. The van der Waals surface area contributed by atoms with Crippen LogP contribution in [0.4, 0.5) is 0 Å². The average Bonchev–Trinajstić information content (AvgIpc) is 3.13. The molecule has 180 valence electrons. The number of nitrogens with zero attached hydrogens (tertiary/aromatic N) is 3. The van der Waals surface area contributed by atoms with Crippen LogP contribution >= 0.6 is 15.9 Å². The first kappa shape index (κ1) is 22.5. The highest BCUT2D eigenvalue weighted by atomic mass is 79.9. The third kappa shape index (κ3) is 3.12. The van der Waals surface area contributed by atoms with E-state index in [1.165, 1.54) is 21.5 Å². The van der Waals surface area contributed by atoms with E-state index in [0.29, 0.717) is 38.0 Å². The number of hydrogen-bond acceptors (Lipinski definition) is 5. The molecule has 2 aromatic carbocycles. The van der Waals surface area contributed by atoms with Gasteiger partial charge in [-0.05, 0) is 48.9 Å². The quantitative estimate of drug-likeness (QED) is 0.393. The number of rotatable bonds is 2. The Morgan fingerprint density at radius 2 is 1.75 bits per heavy atom. The van der Waals surface area contributed by atoms with Crippen LogP contribution in [0.2, 0.25) is 0 Å². The zero-order valence-electron chi connectivity index (χ0n) is 19.1. The summed E-state index contributed by atoms with van der Waals surface area (Å²) in [6.45, 7) is 1.71. The summed E-state index contributed by atoms with van der Waals surface area (Å²) in [4.78, 5) is 53.5. The zero-order valence-corrected chi connectivity index (χ0v) is 20.7. The van der Waals surface area contributed by atoms with Crippen LogP contribution in [-0.4, -0.2) is 30.6 Å². The summed E-state index contributed by atoms with van der Waals surface area (Å²) in [7, 11) is 0. The van der Waals surface area contributed by atoms with E-state index in [1.807, 2.05) is 6.08 Å². The molecule has 3 aliphatic rings. The van der Waals surface area contributed by atoms with Crippen molar-refractivity contribution < 1.29 is 14.7 Å². The van der Waals surface area contributed by atoms with Crippen LogP contribution in [0.25, 0.3) is 5.69 Å². The first-order valence-corrected chi connectivity index (χ1v) is 12.3. The van der Waals surface area contributed by atoms with Gasteiger partial charge in [0.25, 0.3) is 0 Å². The second-order valence-corrected chi connectivity index (χ2v) is 10.1. The van der Waals surface area contributed by atoms with E-state index < -0.39 is 23.3 Å². The highest BCUT2D eigenvalue weighted by Crippen LogP contribution is 2.51. The molecule has 0 fully saturated rings. The van der Waals surface area contributed by atoms with Crippen molar-refractivity contribution in [3.63, 3.8) is 0 Å². The lowest BCUT2D eigenvalue weighted by atomic mass is 9.68. The molecule has 6 rings (SSSR count). The van der Waals surface area contributed by atoms with Crippen LogP contribution in [0, 0.1) is 0 Å². The predicted molar refractivity (Wildman–Crippen MR) is 135 cm³/mol. The van der Waals surface area contributed by atoms with Crippen molar-refractivity contribution in [1.82, 2.24) is 13.9 Å². The molecule has 2 heterocycles. The predicted octanol–water partition coefficient (Wildman–Crippen LogP) is 3.33. The summed E-state index contributed by atoms with van der Waals surface area (Å²) >= 11 is 3.44. The Labute approximate surface area is 213 Å². The van der Waals surface area contributed by atoms with Gasteiger partial charge in [0, 0.05) is 39.1 Å². The molecule has 1 aromatic heterocycles. The monoisotopic (exact) mass is 545 g/mol. The summed E-state index contributed by atoms with van der Waals surface area (Å²) in [5.74, 6) is -1.32. The number of aromatic nitrogens is 3. The SMILES string of the molecule is CC1=CC(=O)C2=C(C[C@@H]3C(=CCn4c(=O)n(-c5ccccc5)c(=O)n43)[C@@H]2c2cc(Br)ccc2O)C1=O. The van der Waals surface area contributed by atoms with Gasteiger partial charge in [-0.3, -0.25) is 9.59 Å². The normalized spacial score (nSPS) is 20.9. The lowest BCUT2D eigenvalue weighted by molar-refractivity contribution is -0.116. The molecular formula is C27H20BrN3O5. The van der Waals surface area contributed by atoms with Crippen LogP contribution in [-0.2, 0) is 16.1 Å². The smallest absolute Gasteiger partial charge is 0.352 e. The van der Waals surface area contributed by atoms with Crippen LogP contribution < -0.4 is 11.4 Å². The fourth-order valence-corrected chi connectivity index (χ4v) is 5.94. The topological polar surface area (TPSA) is 103 Å². The number of Topliss-reactive ketones (excluding diaryl/α,β-unsaturated/α-hetero) is 1. The summed E-state index contributed by atoms with van der Waals surface area (Å²) in [5, 5.41) is 10.8. The van der Waals surface area contributed by atoms with Crippen LogP contribution in [0.3, 0.4) is 0 Å². The number of aromatic hydroxyl groups is 1. The lowest BCUT2D eigenvalue weighted by Gasteiger charge is -2.39. The van der Waals surface area contributed by atoms with Crippen molar-refractivity contribution in [3.05, 3.63) is 114 Å². The molecule has 0 saturated carbocycles. The fraction of sp³-hybridized carbons (Fsp3) is 0.185. The first-order chi connectivity index (χ1) is 17.3. The van der Waals surface area contributed by atoms with E-state index in [9.17, 15) is 24.3 Å². The zero-order chi connectivity index (χ0) is 25.3. The molecular weight excluding hydrogens is 526 g/mol. The molecule has 0 bridgehead atoms. The number of phenols is 1. The van der Waals surface area contributed by atoms with Gasteiger partial charge in [-0.15, -0.1) is 0 Å². The van der Waals surface area contributed by atoms with Crippen molar-refractivity contribution in [3.8, 4) is 11.4 Å². The maximum atomic E-state index is 13.7. The Bertz CT molecular complexity index is 1700. The Kier molecular flexibility index (Phi) is 5.01. The minimum absolute atomic E-state index is 0.0275. The second-order valence-electron chi connectivity index (χ2n) is 9.14. The number of benzene rings is 2. The molecule has 1 N–H and O–H groups in total. The summed E-state index contributed by atoms with van der Waals surface area (Å²) in [6.07, 6.45) is 3.26. The number of carbonyl (C=O) groups is 2. The Hall–Kier alpha value is -3.98. The lowest BCUT2D eigenvalue weighted by Crippen LogP contribution is -2.40. The van der Waals surface area contributed by atoms with Crippen LogP contribution in [0.5, 0.6) is 5.75 Å². The first-order valence-electron chi connectivity index (χ1n) is 11.5. The number of allylic oxidation sites excluding steroid dienone is 6. The summed E-state index contributed by atoms with van der Waals surface area (Å²) in [5.41, 5.74) is 1.54. The van der Waals surface area contributed by atoms with Gasteiger partial charge in [0.15, 0.2) is 11.6 Å². The number of ketones is 2. The average molecular weight is 546 g/mol. The van der Waals surface area contributed by atoms with Gasteiger partial charge < -0.3 is 5.11 Å². The van der Waals surface area contributed by atoms with E-state index in [-0.39, 0.29) is 30.3 Å². The Morgan fingerprint density at radius 3 is 2.50 bits per heavy atom. The van der Waals surface area contributed by atoms with E-state index in [0.717, 1.165) is 4.57 Å². The van der Waals surface area contributed by atoms with Gasteiger partial charge in [0.05, 0.1) is 18.3 Å². The highest BCUT2D eigenvalue weighted by Gasteiger charge is 2.45. The Morgan fingerprint density at radius 1 is 1.00 bits per heavy atom. The fourth-order valence-electron chi connectivity index (χ4n) is 5.56. The molecule has 0 unspecified atom stereocenters. The molecule has 3 aromatic rings.